The molecule has 2 aromatic carbocycles. The van der Waals surface area contributed by atoms with Gasteiger partial charge in [0.15, 0.2) is 11.5 Å². The number of ether oxygens (including phenoxy) is 2. The molecule has 3 aromatic rings. The van der Waals surface area contributed by atoms with Crippen molar-refractivity contribution in [1.29, 1.82) is 0 Å². The number of hydrazone groups is 1. The lowest BCUT2D eigenvalue weighted by Gasteiger charge is -2.25. The van der Waals surface area contributed by atoms with E-state index in [1.165, 1.54) is 42.8 Å². The predicted molar refractivity (Wildman–Crippen MR) is 113 cm³/mol. The van der Waals surface area contributed by atoms with Crippen molar-refractivity contribution in [3.05, 3.63) is 72.4 Å². The Hall–Kier alpha value is -3.86. The third-order valence-corrected chi connectivity index (χ3v) is 6.20. The number of benzene rings is 2. The van der Waals surface area contributed by atoms with E-state index >= 15 is 0 Å². The smallest absolute Gasteiger partial charge is 0.264 e. The minimum absolute atomic E-state index is 0.103. The first-order valence-electron chi connectivity index (χ1n) is 9.47. The molecule has 0 fully saturated rings. The minimum Gasteiger partial charge on any atom is -0.486 e. The normalized spacial score (nSPS) is 13.2. The van der Waals surface area contributed by atoms with Crippen LogP contribution in [0.25, 0.3) is 0 Å². The predicted octanol–water partition coefficient (Wildman–Crippen LogP) is 2.54. The van der Waals surface area contributed by atoms with Crippen molar-refractivity contribution in [3.63, 3.8) is 0 Å². The highest BCUT2D eigenvalue weighted by molar-refractivity contribution is 7.92. The largest absolute Gasteiger partial charge is 0.486 e. The first kappa shape index (κ1) is 21.4. The number of rotatable bonds is 7. The maximum absolute atomic E-state index is 13.4. The molecule has 2 heterocycles. The van der Waals surface area contributed by atoms with Gasteiger partial charge in [-0.3, -0.25) is 9.10 Å². The number of fused-ring (bicyclic) bond motifs is 1. The average molecular weight is 459 g/mol. The van der Waals surface area contributed by atoms with E-state index in [0.717, 1.165) is 16.4 Å². The zero-order chi connectivity index (χ0) is 22.6. The van der Waals surface area contributed by atoms with Crippen molar-refractivity contribution in [2.24, 2.45) is 5.10 Å². The lowest BCUT2D eigenvalue weighted by molar-refractivity contribution is -0.119. The van der Waals surface area contributed by atoms with Crippen molar-refractivity contribution in [2.75, 3.05) is 24.1 Å². The van der Waals surface area contributed by atoms with Gasteiger partial charge >= 0.3 is 0 Å². The van der Waals surface area contributed by atoms with E-state index in [-0.39, 0.29) is 22.9 Å². The zero-order valence-corrected chi connectivity index (χ0v) is 17.4. The van der Waals surface area contributed by atoms with E-state index in [1.807, 2.05) is 0 Å². The summed E-state index contributed by atoms with van der Waals surface area (Å²) < 4.78 is 57.0. The molecule has 4 rings (SSSR count). The number of amides is 1. The van der Waals surface area contributed by atoms with Crippen LogP contribution in [0, 0.1) is 5.82 Å². The Morgan fingerprint density at radius 3 is 2.56 bits per heavy atom. The average Bonchev–Trinajstić information content (AvgIpc) is 3.31. The number of sulfonamides is 1. The fraction of sp³-hybridized carbons (Fsp3) is 0.143. The van der Waals surface area contributed by atoms with Gasteiger partial charge < -0.3 is 13.9 Å². The van der Waals surface area contributed by atoms with Crippen LogP contribution in [0.5, 0.6) is 11.5 Å². The molecule has 1 aromatic heterocycles. The number of carbonyl (C=O) groups excluding carboxylic acids is 1. The van der Waals surface area contributed by atoms with Gasteiger partial charge in [-0.2, -0.15) is 5.10 Å². The van der Waals surface area contributed by atoms with Crippen molar-refractivity contribution >= 4 is 27.8 Å². The molecule has 0 radical (unpaired) electrons. The number of hydrogen-bond donors (Lipinski definition) is 1. The Labute approximate surface area is 183 Å². The number of halogens is 1. The van der Waals surface area contributed by atoms with E-state index in [4.69, 9.17) is 13.9 Å². The third kappa shape index (κ3) is 4.72. The molecular weight excluding hydrogens is 441 g/mol. The van der Waals surface area contributed by atoms with Crippen LogP contribution in [0.1, 0.15) is 5.76 Å². The van der Waals surface area contributed by atoms with Crippen LogP contribution >= 0.6 is 0 Å². The van der Waals surface area contributed by atoms with E-state index < -0.39 is 28.3 Å². The summed E-state index contributed by atoms with van der Waals surface area (Å²) in [6.45, 7) is 0.0473. The lowest BCUT2D eigenvalue weighted by atomic mass is 10.3. The molecule has 11 heteroatoms. The van der Waals surface area contributed by atoms with Gasteiger partial charge in [0.2, 0.25) is 0 Å². The number of furan rings is 1. The number of nitrogens with one attached hydrogen (secondary N) is 1. The summed E-state index contributed by atoms with van der Waals surface area (Å²) in [4.78, 5) is 12.3. The topological polar surface area (TPSA) is 110 Å². The van der Waals surface area contributed by atoms with Gasteiger partial charge in [-0.15, -0.1) is 0 Å². The molecule has 0 aliphatic carbocycles. The van der Waals surface area contributed by atoms with Gasteiger partial charge in [0.1, 0.15) is 31.3 Å². The van der Waals surface area contributed by atoms with Crippen LogP contribution in [-0.4, -0.2) is 40.3 Å². The van der Waals surface area contributed by atoms with Gasteiger partial charge in [0.05, 0.1) is 23.1 Å². The van der Waals surface area contributed by atoms with E-state index in [0.29, 0.717) is 18.1 Å². The number of hydrogen-bond acceptors (Lipinski definition) is 7. The lowest BCUT2D eigenvalue weighted by Crippen LogP contribution is -2.39. The molecule has 0 unspecified atom stereocenters. The van der Waals surface area contributed by atoms with Gasteiger partial charge in [-0.25, -0.2) is 18.2 Å². The Morgan fingerprint density at radius 2 is 1.84 bits per heavy atom. The molecule has 1 N–H and O–H groups in total. The summed E-state index contributed by atoms with van der Waals surface area (Å²) in [5.41, 5.74) is 2.35. The van der Waals surface area contributed by atoms with Crippen molar-refractivity contribution in [1.82, 2.24) is 5.43 Å². The molecule has 1 aliphatic heterocycles. The Balaban J connectivity index is 1.61. The highest BCUT2D eigenvalue weighted by Crippen LogP contribution is 2.34. The SMILES string of the molecule is O=C(CN(c1ccc(F)cc1)S(=O)(=O)c1ccc2c(c1)OCCO2)N/N=C\c1ccco1. The second kappa shape index (κ2) is 9.10. The minimum atomic E-state index is -4.22. The zero-order valence-electron chi connectivity index (χ0n) is 16.6. The fourth-order valence-electron chi connectivity index (χ4n) is 2.93. The molecule has 1 amide bonds. The molecule has 0 saturated heterocycles. The number of carbonyl (C=O) groups is 1. The molecule has 32 heavy (non-hydrogen) atoms. The van der Waals surface area contributed by atoms with E-state index in [2.05, 4.69) is 10.5 Å². The molecule has 1 aliphatic rings. The Morgan fingerprint density at radius 1 is 1.09 bits per heavy atom. The summed E-state index contributed by atoms with van der Waals surface area (Å²) in [7, 11) is -4.22. The highest BCUT2D eigenvalue weighted by atomic mass is 32.2. The van der Waals surface area contributed by atoms with Crippen LogP contribution < -0.4 is 19.2 Å². The summed E-state index contributed by atoms with van der Waals surface area (Å²) in [6.07, 6.45) is 2.72. The maximum Gasteiger partial charge on any atom is 0.264 e. The summed E-state index contributed by atoms with van der Waals surface area (Å²) in [5, 5.41) is 3.75. The quantitative estimate of drug-likeness (QED) is 0.430. The molecule has 0 saturated carbocycles. The molecule has 0 atom stereocenters. The second-order valence-electron chi connectivity index (χ2n) is 6.60. The number of nitrogens with zero attached hydrogens (tertiary/aromatic N) is 2. The second-order valence-corrected chi connectivity index (χ2v) is 8.46. The fourth-order valence-corrected chi connectivity index (χ4v) is 4.37. The molecule has 0 bridgehead atoms. The van der Waals surface area contributed by atoms with Crippen LogP contribution in [-0.2, 0) is 14.8 Å². The van der Waals surface area contributed by atoms with Crippen molar-refractivity contribution in [2.45, 2.75) is 4.90 Å². The van der Waals surface area contributed by atoms with Gasteiger partial charge in [-0.05, 0) is 48.5 Å². The summed E-state index contributed by atoms with van der Waals surface area (Å²) >= 11 is 0. The van der Waals surface area contributed by atoms with Crippen LogP contribution in [0.3, 0.4) is 0 Å². The molecule has 9 nitrogen and oxygen atoms in total. The molecule has 0 spiro atoms. The number of anilines is 1. The standard InChI is InChI=1S/C21H18FN3O6S/c22-15-3-5-16(6-4-15)25(14-21(26)24-23-13-17-2-1-9-29-17)32(27,28)18-7-8-19-20(12-18)31-11-10-30-19/h1-9,12-13H,10-11,14H2,(H,24,26)/b23-13-. The van der Waals surface area contributed by atoms with Crippen LogP contribution in [0.2, 0.25) is 0 Å². The van der Waals surface area contributed by atoms with Crippen molar-refractivity contribution < 1.29 is 31.5 Å². The first-order chi connectivity index (χ1) is 15.4. The van der Waals surface area contributed by atoms with Gasteiger partial charge in [0.25, 0.3) is 15.9 Å². The van der Waals surface area contributed by atoms with Crippen LogP contribution in [0.15, 0.2) is 75.3 Å². The molecule has 166 valence electrons. The summed E-state index contributed by atoms with van der Waals surface area (Å²) in [5.74, 6) is -0.141. The summed E-state index contributed by atoms with van der Waals surface area (Å²) in [6, 6.07) is 12.2. The Kier molecular flexibility index (Phi) is 6.08. The maximum atomic E-state index is 13.4. The monoisotopic (exact) mass is 459 g/mol. The van der Waals surface area contributed by atoms with Crippen LogP contribution in [0.4, 0.5) is 10.1 Å². The van der Waals surface area contributed by atoms with Crippen molar-refractivity contribution in [3.8, 4) is 11.5 Å². The highest BCUT2D eigenvalue weighted by Gasteiger charge is 2.29. The van der Waals surface area contributed by atoms with E-state index in [1.54, 1.807) is 12.1 Å². The molecular formula is C21H18FN3O6S. The third-order valence-electron chi connectivity index (χ3n) is 4.43. The Bertz CT molecular complexity index is 1230. The first-order valence-corrected chi connectivity index (χ1v) is 10.9. The van der Waals surface area contributed by atoms with E-state index in [9.17, 15) is 17.6 Å². The van der Waals surface area contributed by atoms with Gasteiger partial charge in [0, 0.05) is 6.07 Å². The van der Waals surface area contributed by atoms with Gasteiger partial charge in [-0.1, -0.05) is 0 Å².